The lowest BCUT2D eigenvalue weighted by atomic mass is 10.2. The van der Waals surface area contributed by atoms with Crippen molar-refractivity contribution in [3.8, 4) is 0 Å². The number of carbonyl (C=O) groups excluding carboxylic acids is 1. The Bertz CT molecular complexity index is 1180. The highest BCUT2D eigenvalue weighted by Crippen LogP contribution is 2.37. The van der Waals surface area contributed by atoms with E-state index in [9.17, 15) is 21.6 Å². The van der Waals surface area contributed by atoms with Crippen molar-refractivity contribution in [3.63, 3.8) is 0 Å². The van der Waals surface area contributed by atoms with Gasteiger partial charge in [0, 0.05) is 25.1 Å². The van der Waals surface area contributed by atoms with E-state index in [-0.39, 0.29) is 27.0 Å². The lowest BCUT2D eigenvalue weighted by molar-refractivity contribution is 0.240. The number of halogens is 2. The van der Waals surface area contributed by atoms with Crippen LogP contribution in [0.2, 0.25) is 5.02 Å². The summed E-state index contributed by atoms with van der Waals surface area (Å²) in [6, 6.07) is 8.36. The molecule has 2 aromatic rings. The lowest BCUT2D eigenvalue weighted by Crippen LogP contribution is -2.41. The summed E-state index contributed by atoms with van der Waals surface area (Å²) in [6.07, 6.45) is 0. The summed E-state index contributed by atoms with van der Waals surface area (Å²) in [7, 11) is -5.86. The van der Waals surface area contributed by atoms with Crippen LogP contribution in [0, 0.1) is 0 Å². The van der Waals surface area contributed by atoms with Gasteiger partial charge in [-0.2, -0.15) is 4.31 Å². The first-order valence-electron chi connectivity index (χ1n) is 7.79. The smallest absolute Gasteiger partial charge is 0.306 e. The maximum atomic E-state index is 13.0. The average molecular weight is 509 g/mol. The van der Waals surface area contributed by atoms with Crippen LogP contribution in [0.25, 0.3) is 0 Å². The number of hydrogen-bond acceptors (Lipinski definition) is 5. The molecule has 2 amide bonds. The summed E-state index contributed by atoms with van der Waals surface area (Å²) in [5.74, 6) is 0. The number of nitrogens with zero attached hydrogens (tertiary/aromatic N) is 2. The van der Waals surface area contributed by atoms with Gasteiger partial charge in [-0.15, -0.1) is 0 Å². The SMILES string of the molecule is CN(Cc1ccccc1Br)S(=O)(=O)c1cc2c(cc1Cl)NC(=O)N(C)S2(=O)=O. The molecule has 1 heterocycles. The predicted molar refractivity (Wildman–Crippen MR) is 108 cm³/mol. The molecule has 150 valence electrons. The number of sulfonamides is 2. The van der Waals surface area contributed by atoms with Crippen LogP contribution in [0.3, 0.4) is 0 Å². The van der Waals surface area contributed by atoms with Crippen LogP contribution in [-0.4, -0.2) is 45.6 Å². The molecule has 1 aliphatic heterocycles. The molecule has 0 aromatic heterocycles. The van der Waals surface area contributed by atoms with Crippen molar-refractivity contribution in [3.05, 3.63) is 51.5 Å². The standard InChI is InChI=1S/C16H15BrClN3O5S2/c1-20(9-10-5-3-4-6-11(10)17)27(23,24)14-8-15-13(7-12(14)18)19-16(22)21(2)28(15,25)26/h3-8H,9H2,1-2H3,(H,19,22). The number of hydrogen-bond donors (Lipinski definition) is 1. The highest BCUT2D eigenvalue weighted by atomic mass is 79.9. The van der Waals surface area contributed by atoms with E-state index in [0.717, 1.165) is 33.5 Å². The van der Waals surface area contributed by atoms with Crippen molar-refractivity contribution in [2.24, 2.45) is 0 Å². The summed E-state index contributed by atoms with van der Waals surface area (Å²) < 4.78 is 53.4. The Morgan fingerprint density at radius 3 is 2.54 bits per heavy atom. The Balaban J connectivity index is 2.07. The zero-order valence-corrected chi connectivity index (χ0v) is 18.7. The van der Waals surface area contributed by atoms with E-state index < -0.39 is 26.1 Å². The third kappa shape index (κ3) is 3.52. The number of rotatable bonds is 4. The molecule has 1 aliphatic rings. The zero-order chi connectivity index (χ0) is 20.9. The Morgan fingerprint density at radius 2 is 1.89 bits per heavy atom. The van der Waals surface area contributed by atoms with Gasteiger partial charge in [0.05, 0.1) is 10.7 Å². The number of nitrogens with one attached hydrogen (secondary N) is 1. The largest absolute Gasteiger partial charge is 0.335 e. The normalized spacial score (nSPS) is 16.0. The van der Waals surface area contributed by atoms with Crippen molar-refractivity contribution in [2.45, 2.75) is 16.3 Å². The molecule has 0 atom stereocenters. The fourth-order valence-electron chi connectivity index (χ4n) is 2.61. The summed E-state index contributed by atoms with van der Waals surface area (Å²) >= 11 is 9.49. The van der Waals surface area contributed by atoms with Crippen molar-refractivity contribution in [2.75, 3.05) is 19.4 Å². The van der Waals surface area contributed by atoms with Crippen LogP contribution >= 0.6 is 27.5 Å². The minimum atomic E-state index is -4.19. The fraction of sp³-hybridized carbons (Fsp3) is 0.188. The molecule has 28 heavy (non-hydrogen) atoms. The second-order valence-corrected chi connectivity index (χ2v) is 11.2. The molecule has 12 heteroatoms. The number of benzene rings is 2. The maximum Gasteiger partial charge on any atom is 0.335 e. The molecule has 0 spiro atoms. The lowest BCUT2D eigenvalue weighted by Gasteiger charge is -2.27. The van der Waals surface area contributed by atoms with Crippen molar-refractivity contribution < 1.29 is 21.6 Å². The van der Waals surface area contributed by atoms with Gasteiger partial charge >= 0.3 is 6.03 Å². The molecule has 0 fully saturated rings. The van der Waals surface area contributed by atoms with E-state index in [1.807, 2.05) is 0 Å². The molecular formula is C16H15BrClN3O5S2. The van der Waals surface area contributed by atoms with Gasteiger partial charge < -0.3 is 5.32 Å². The predicted octanol–water partition coefficient (Wildman–Crippen LogP) is 3.09. The molecule has 3 rings (SSSR count). The summed E-state index contributed by atoms with van der Waals surface area (Å²) in [4.78, 5) is 11.1. The average Bonchev–Trinajstić information content (AvgIpc) is 2.61. The number of amides is 2. The minimum absolute atomic E-state index is 0.0422. The van der Waals surface area contributed by atoms with E-state index in [0.29, 0.717) is 4.31 Å². The van der Waals surface area contributed by atoms with Gasteiger partial charge in [-0.25, -0.2) is 25.9 Å². The third-order valence-corrected chi connectivity index (χ3v) is 9.06. The minimum Gasteiger partial charge on any atom is -0.306 e. The van der Waals surface area contributed by atoms with Gasteiger partial charge in [-0.05, 0) is 23.8 Å². The van der Waals surface area contributed by atoms with Crippen LogP contribution in [0.1, 0.15) is 5.56 Å². The molecule has 1 N–H and O–H groups in total. The van der Waals surface area contributed by atoms with Crippen LogP contribution < -0.4 is 5.32 Å². The first-order chi connectivity index (χ1) is 13.0. The number of carbonyl (C=O) groups is 1. The van der Waals surface area contributed by atoms with Crippen molar-refractivity contribution >= 4 is 59.3 Å². The van der Waals surface area contributed by atoms with Gasteiger partial charge in [0.2, 0.25) is 10.0 Å². The van der Waals surface area contributed by atoms with E-state index in [4.69, 9.17) is 11.6 Å². The number of urea groups is 1. The van der Waals surface area contributed by atoms with E-state index in [1.54, 1.807) is 24.3 Å². The number of fused-ring (bicyclic) bond motifs is 1. The molecule has 0 unspecified atom stereocenters. The second kappa shape index (κ2) is 7.30. The van der Waals surface area contributed by atoms with Crippen LogP contribution in [-0.2, 0) is 26.6 Å². The van der Waals surface area contributed by atoms with Crippen LogP contribution in [0.15, 0.2) is 50.7 Å². The van der Waals surface area contributed by atoms with E-state index in [1.165, 1.54) is 7.05 Å². The maximum absolute atomic E-state index is 13.0. The van der Waals surface area contributed by atoms with Crippen LogP contribution in [0.5, 0.6) is 0 Å². The van der Waals surface area contributed by atoms with Gasteiger partial charge in [0.25, 0.3) is 10.0 Å². The van der Waals surface area contributed by atoms with Gasteiger partial charge in [-0.1, -0.05) is 45.7 Å². The molecule has 0 aliphatic carbocycles. The van der Waals surface area contributed by atoms with E-state index in [2.05, 4.69) is 21.2 Å². The molecule has 0 saturated carbocycles. The Morgan fingerprint density at radius 1 is 1.25 bits per heavy atom. The second-order valence-electron chi connectivity index (χ2n) is 6.03. The number of anilines is 1. The molecule has 0 bridgehead atoms. The summed E-state index contributed by atoms with van der Waals surface area (Å²) in [6.45, 7) is 0.0422. The summed E-state index contributed by atoms with van der Waals surface area (Å²) in [5.41, 5.74) is 0.655. The zero-order valence-electron chi connectivity index (χ0n) is 14.7. The Hall–Kier alpha value is -1.66. The highest BCUT2D eigenvalue weighted by Gasteiger charge is 2.36. The third-order valence-electron chi connectivity index (χ3n) is 4.24. The van der Waals surface area contributed by atoms with Crippen molar-refractivity contribution in [1.82, 2.24) is 8.61 Å². The van der Waals surface area contributed by atoms with Gasteiger partial charge in [0.1, 0.15) is 9.79 Å². The van der Waals surface area contributed by atoms with Crippen LogP contribution in [0.4, 0.5) is 10.5 Å². The Labute approximate surface area is 176 Å². The molecule has 2 aromatic carbocycles. The molecule has 0 radical (unpaired) electrons. The molecule has 8 nitrogen and oxygen atoms in total. The van der Waals surface area contributed by atoms with Gasteiger partial charge in [0.15, 0.2) is 0 Å². The molecular weight excluding hydrogens is 494 g/mol. The fourth-order valence-corrected chi connectivity index (χ4v) is 5.99. The first-order valence-corrected chi connectivity index (χ1v) is 11.8. The van der Waals surface area contributed by atoms with E-state index >= 15 is 0 Å². The monoisotopic (exact) mass is 507 g/mol. The van der Waals surface area contributed by atoms with Crippen molar-refractivity contribution in [1.29, 1.82) is 0 Å². The Kier molecular flexibility index (Phi) is 5.49. The molecule has 0 saturated heterocycles. The quantitative estimate of drug-likeness (QED) is 0.683. The topological polar surface area (TPSA) is 104 Å². The van der Waals surface area contributed by atoms with Gasteiger partial charge in [-0.3, -0.25) is 0 Å². The highest BCUT2D eigenvalue weighted by molar-refractivity contribution is 9.10. The summed E-state index contributed by atoms with van der Waals surface area (Å²) in [5, 5.41) is 2.17. The first kappa shape index (κ1) is 21.1.